The zero-order valence-electron chi connectivity index (χ0n) is 17.7. The monoisotopic (exact) mass is 436 g/mol. The quantitative estimate of drug-likeness (QED) is 0.660. The minimum atomic E-state index is -3.62. The molecule has 1 amide bonds. The first-order valence-corrected chi connectivity index (χ1v) is 11.4. The molecule has 0 fully saturated rings. The van der Waals surface area contributed by atoms with Gasteiger partial charge in [0.05, 0.1) is 17.7 Å². The highest BCUT2D eigenvalue weighted by Crippen LogP contribution is 2.44. The molecule has 6 nitrogen and oxygen atoms in total. The maximum Gasteiger partial charge on any atom is 0.264 e. The molecule has 160 valence electrons. The molecule has 0 aromatic heterocycles. The molecule has 1 heterocycles. The number of hydrogen-bond donors (Lipinski definition) is 1. The number of anilines is 1. The number of nitrogens with one attached hydrogen (secondary N) is 1. The van der Waals surface area contributed by atoms with Crippen molar-refractivity contribution in [1.82, 2.24) is 5.32 Å². The van der Waals surface area contributed by atoms with Crippen molar-refractivity contribution in [3.63, 3.8) is 0 Å². The van der Waals surface area contributed by atoms with Crippen LogP contribution in [0.2, 0.25) is 0 Å². The summed E-state index contributed by atoms with van der Waals surface area (Å²) in [6.07, 6.45) is 0.698. The smallest absolute Gasteiger partial charge is 0.264 e. The van der Waals surface area contributed by atoms with Gasteiger partial charge in [-0.1, -0.05) is 30.3 Å². The van der Waals surface area contributed by atoms with Crippen LogP contribution in [0.15, 0.2) is 65.6 Å². The van der Waals surface area contributed by atoms with Crippen LogP contribution in [0.3, 0.4) is 0 Å². The van der Waals surface area contributed by atoms with Gasteiger partial charge in [0.15, 0.2) is 0 Å². The third-order valence-corrected chi connectivity index (χ3v) is 7.37. The van der Waals surface area contributed by atoms with E-state index in [1.54, 1.807) is 50.6 Å². The molecular formula is C24H24N2O4S. The van der Waals surface area contributed by atoms with E-state index in [0.29, 0.717) is 29.8 Å². The van der Waals surface area contributed by atoms with Gasteiger partial charge in [0.2, 0.25) is 0 Å². The molecule has 3 aromatic rings. The lowest BCUT2D eigenvalue weighted by atomic mass is 9.96. The van der Waals surface area contributed by atoms with Gasteiger partial charge in [0, 0.05) is 30.3 Å². The topological polar surface area (TPSA) is 75.7 Å². The van der Waals surface area contributed by atoms with Gasteiger partial charge in [-0.15, -0.1) is 0 Å². The van der Waals surface area contributed by atoms with E-state index in [-0.39, 0.29) is 10.8 Å². The number of amides is 1. The third-order valence-electron chi connectivity index (χ3n) is 5.55. The summed E-state index contributed by atoms with van der Waals surface area (Å²) in [4.78, 5) is 13.1. The SMILES string of the molecule is COc1ccc(CCNC(=O)c2cc(C)c3c(c2)-c2ccccc2S(=O)(=O)N3C)cc1. The average Bonchev–Trinajstić information content (AvgIpc) is 2.77. The van der Waals surface area contributed by atoms with Gasteiger partial charge >= 0.3 is 0 Å². The molecule has 1 N–H and O–H groups in total. The van der Waals surface area contributed by atoms with E-state index in [9.17, 15) is 13.2 Å². The van der Waals surface area contributed by atoms with Gasteiger partial charge in [-0.25, -0.2) is 8.42 Å². The zero-order valence-corrected chi connectivity index (χ0v) is 18.5. The molecule has 0 spiro atoms. The van der Waals surface area contributed by atoms with Crippen LogP contribution in [0.5, 0.6) is 5.75 Å². The van der Waals surface area contributed by atoms with Crippen molar-refractivity contribution >= 4 is 21.6 Å². The molecule has 0 bridgehead atoms. The minimum Gasteiger partial charge on any atom is -0.497 e. The molecular weight excluding hydrogens is 412 g/mol. The molecule has 31 heavy (non-hydrogen) atoms. The molecule has 7 heteroatoms. The maximum atomic E-state index is 12.9. The average molecular weight is 437 g/mol. The van der Waals surface area contributed by atoms with E-state index in [1.165, 1.54) is 4.31 Å². The fourth-order valence-corrected chi connectivity index (χ4v) is 5.41. The molecule has 0 radical (unpaired) electrons. The predicted octanol–water partition coefficient (Wildman–Crippen LogP) is 3.78. The van der Waals surface area contributed by atoms with Crippen molar-refractivity contribution in [2.75, 3.05) is 25.0 Å². The summed E-state index contributed by atoms with van der Waals surface area (Å²) in [5.41, 5.74) is 4.31. The van der Waals surface area contributed by atoms with Crippen LogP contribution in [-0.2, 0) is 16.4 Å². The van der Waals surface area contributed by atoms with Crippen molar-refractivity contribution in [2.24, 2.45) is 0 Å². The third kappa shape index (κ3) is 3.77. The van der Waals surface area contributed by atoms with Crippen LogP contribution < -0.4 is 14.4 Å². The predicted molar refractivity (Wildman–Crippen MR) is 121 cm³/mol. The number of sulfonamides is 1. The number of nitrogens with zero attached hydrogens (tertiary/aromatic N) is 1. The zero-order chi connectivity index (χ0) is 22.2. The first-order chi connectivity index (χ1) is 14.8. The van der Waals surface area contributed by atoms with E-state index in [4.69, 9.17) is 4.74 Å². The molecule has 4 rings (SSSR count). The number of methoxy groups -OCH3 is 1. The summed E-state index contributed by atoms with van der Waals surface area (Å²) in [5.74, 6) is 0.609. The second-order valence-corrected chi connectivity index (χ2v) is 9.45. The summed E-state index contributed by atoms with van der Waals surface area (Å²) < 4.78 is 32.2. The van der Waals surface area contributed by atoms with Crippen LogP contribution in [0.25, 0.3) is 11.1 Å². The Balaban J connectivity index is 1.58. The van der Waals surface area contributed by atoms with Crippen LogP contribution in [0.1, 0.15) is 21.5 Å². The normalized spacial score (nSPS) is 13.8. The van der Waals surface area contributed by atoms with E-state index in [0.717, 1.165) is 22.4 Å². The highest BCUT2D eigenvalue weighted by Gasteiger charge is 2.33. The minimum absolute atomic E-state index is 0.187. The van der Waals surface area contributed by atoms with Crippen molar-refractivity contribution in [3.8, 4) is 16.9 Å². The van der Waals surface area contributed by atoms with Crippen molar-refractivity contribution in [3.05, 3.63) is 77.4 Å². The molecule has 1 aliphatic rings. The molecule has 0 aliphatic carbocycles. The molecule has 3 aromatic carbocycles. The number of ether oxygens (including phenoxy) is 1. The summed E-state index contributed by atoms with van der Waals surface area (Å²) in [5, 5.41) is 2.96. The highest BCUT2D eigenvalue weighted by atomic mass is 32.2. The number of hydrogen-bond acceptors (Lipinski definition) is 4. The molecule has 0 saturated heterocycles. The Kier molecular flexibility index (Phi) is 5.45. The number of benzene rings is 3. The van der Waals surface area contributed by atoms with Gasteiger partial charge in [-0.05, 0) is 54.8 Å². The van der Waals surface area contributed by atoms with Gasteiger partial charge in [-0.3, -0.25) is 9.10 Å². The summed E-state index contributed by atoms with van der Waals surface area (Å²) in [6, 6.07) is 18.1. The van der Waals surface area contributed by atoms with Gasteiger partial charge in [0.25, 0.3) is 15.9 Å². The first kappa shape index (κ1) is 20.9. The lowest BCUT2D eigenvalue weighted by Gasteiger charge is -2.31. The van der Waals surface area contributed by atoms with Crippen LogP contribution in [-0.4, -0.2) is 35.0 Å². The second kappa shape index (κ2) is 8.07. The first-order valence-electron chi connectivity index (χ1n) is 9.97. The fraction of sp³-hybridized carbons (Fsp3) is 0.208. The van der Waals surface area contributed by atoms with Crippen molar-refractivity contribution in [2.45, 2.75) is 18.2 Å². The summed E-state index contributed by atoms with van der Waals surface area (Å²) in [7, 11) is -0.442. The fourth-order valence-electron chi connectivity index (χ4n) is 3.93. The lowest BCUT2D eigenvalue weighted by molar-refractivity contribution is 0.0954. The van der Waals surface area contributed by atoms with Crippen LogP contribution in [0, 0.1) is 6.92 Å². The Morgan fingerprint density at radius 2 is 1.74 bits per heavy atom. The van der Waals surface area contributed by atoms with Crippen molar-refractivity contribution in [1.29, 1.82) is 0 Å². The molecule has 0 unspecified atom stereocenters. The Morgan fingerprint density at radius 3 is 2.45 bits per heavy atom. The summed E-state index contributed by atoms with van der Waals surface area (Å²) >= 11 is 0. The van der Waals surface area contributed by atoms with E-state index >= 15 is 0 Å². The van der Waals surface area contributed by atoms with E-state index < -0.39 is 10.0 Å². The summed E-state index contributed by atoms with van der Waals surface area (Å²) in [6.45, 7) is 2.32. The number of rotatable bonds is 5. The van der Waals surface area contributed by atoms with E-state index in [1.807, 2.05) is 31.2 Å². The van der Waals surface area contributed by atoms with Crippen LogP contribution >= 0.6 is 0 Å². The largest absolute Gasteiger partial charge is 0.497 e. The Hall–Kier alpha value is -3.32. The Morgan fingerprint density at radius 1 is 1.03 bits per heavy atom. The molecule has 0 saturated carbocycles. The van der Waals surface area contributed by atoms with Crippen LogP contribution in [0.4, 0.5) is 5.69 Å². The lowest BCUT2D eigenvalue weighted by Crippen LogP contribution is -2.32. The highest BCUT2D eigenvalue weighted by molar-refractivity contribution is 7.93. The number of aryl methyl sites for hydroxylation is 1. The maximum absolute atomic E-state index is 12.9. The number of carbonyl (C=O) groups is 1. The Bertz CT molecular complexity index is 1250. The van der Waals surface area contributed by atoms with E-state index in [2.05, 4.69) is 5.32 Å². The van der Waals surface area contributed by atoms with Gasteiger partial charge in [-0.2, -0.15) is 0 Å². The number of fused-ring (bicyclic) bond motifs is 3. The van der Waals surface area contributed by atoms with Gasteiger partial charge < -0.3 is 10.1 Å². The Labute approximate surface area is 182 Å². The van der Waals surface area contributed by atoms with Crippen molar-refractivity contribution < 1.29 is 17.9 Å². The van der Waals surface area contributed by atoms with Gasteiger partial charge in [0.1, 0.15) is 5.75 Å². The number of carbonyl (C=O) groups excluding carboxylic acids is 1. The standard InChI is InChI=1S/C24H24N2O4S/c1-16-14-18(24(27)25-13-12-17-8-10-19(30-3)11-9-17)15-21-20-6-4-5-7-22(20)31(28,29)26(2)23(16)21/h4-11,14-15H,12-13H2,1-3H3,(H,25,27). The second-order valence-electron chi connectivity index (χ2n) is 7.51. The molecule has 0 atom stereocenters. The molecule has 1 aliphatic heterocycles.